The molecule has 0 atom stereocenters. The van der Waals surface area contributed by atoms with Crippen molar-refractivity contribution in [2.24, 2.45) is 0 Å². The van der Waals surface area contributed by atoms with Gasteiger partial charge in [-0.25, -0.2) is 0 Å². The summed E-state index contributed by atoms with van der Waals surface area (Å²) in [5, 5.41) is 9.68. The van der Waals surface area contributed by atoms with Crippen LogP contribution in [-0.4, -0.2) is 63.4 Å². The van der Waals surface area contributed by atoms with Crippen molar-refractivity contribution in [1.29, 1.82) is 5.26 Å². The van der Waals surface area contributed by atoms with Gasteiger partial charge in [0.25, 0.3) is 11.5 Å². The third kappa shape index (κ3) is 4.29. The largest absolute Gasteiger partial charge is 0.355 e. The molecule has 3 rings (SSSR count). The molecule has 0 radical (unpaired) electrons. The number of hydrogen-bond acceptors (Lipinski definition) is 7. The number of nitrogens with zero attached hydrogens (tertiary/aromatic N) is 5. The highest BCUT2D eigenvalue weighted by molar-refractivity contribution is 8.26. The Morgan fingerprint density at radius 2 is 1.81 bits per heavy atom. The molecule has 0 bridgehead atoms. The summed E-state index contributed by atoms with van der Waals surface area (Å²) < 4.78 is 2.20. The van der Waals surface area contributed by atoms with E-state index in [2.05, 4.69) is 22.8 Å². The maximum atomic E-state index is 13.1. The molecule has 1 aromatic heterocycles. The molecule has 2 fully saturated rings. The average molecular weight is 460 g/mol. The summed E-state index contributed by atoms with van der Waals surface area (Å²) in [5.41, 5.74) is 1.22. The molecule has 0 saturated carbocycles. The molecule has 1 aromatic rings. The standard InChI is InChI=1S/C22H29N5O2S2/c1-6-24-8-10-25(11-9-24)19-16(15(5)17(13-23)20(28)26(19)7-2)12-18-21(29)27(14(3)4)22(30)31-18/h12,14H,6-11H2,1-5H3. The zero-order valence-electron chi connectivity index (χ0n) is 18.8. The molecule has 7 nitrogen and oxygen atoms in total. The lowest BCUT2D eigenvalue weighted by molar-refractivity contribution is -0.123. The number of likely N-dealkylation sites (N-methyl/N-ethyl adjacent to an activating group) is 1. The number of thioether (sulfide) groups is 1. The van der Waals surface area contributed by atoms with E-state index in [1.807, 2.05) is 26.8 Å². The highest BCUT2D eigenvalue weighted by Gasteiger charge is 2.35. The van der Waals surface area contributed by atoms with Gasteiger partial charge in [0.1, 0.15) is 21.8 Å². The van der Waals surface area contributed by atoms with E-state index in [0.717, 1.165) is 44.1 Å². The van der Waals surface area contributed by atoms with Crippen molar-refractivity contribution in [3.8, 4) is 6.07 Å². The van der Waals surface area contributed by atoms with E-state index in [4.69, 9.17) is 12.2 Å². The molecule has 1 amide bonds. The van der Waals surface area contributed by atoms with Crippen LogP contribution in [0.2, 0.25) is 0 Å². The molecule has 2 aliphatic rings. The average Bonchev–Trinajstić information content (AvgIpc) is 3.03. The first-order valence-corrected chi connectivity index (χ1v) is 11.9. The minimum atomic E-state index is -0.276. The Morgan fingerprint density at radius 3 is 2.29 bits per heavy atom. The lowest BCUT2D eigenvalue weighted by Gasteiger charge is -2.37. The number of pyridine rings is 1. The van der Waals surface area contributed by atoms with Crippen LogP contribution in [0.4, 0.5) is 5.82 Å². The summed E-state index contributed by atoms with van der Waals surface area (Å²) in [6.45, 7) is 14.5. The summed E-state index contributed by atoms with van der Waals surface area (Å²) in [6, 6.07) is 2.05. The fourth-order valence-corrected chi connectivity index (χ4v) is 5.62. The molecule has 9 heteroatoms. The molecular formula is C22H29N5O2S2. The van der Waals surface area contributed by atoms with Crippen molar-refractivity contribution in [1.82, 2.24) is 14.4 Å². The van der Waals surface area contributed by atoms with E-state index in [9.17, 15) is 14.9 Å². The van der Waals surface area contributed by atoms with Gasteiger partial charge in [-0.3, -0.25) is 19.1 Å². The minimum Gasteiger partial charge on any atom is -0.355 e. The Labute approximate surface area is 193 Å². The van der Waals surface area contributed by atoms with E-state index < -0.39 is 0 Å². The Balaban J connectivity index is 2.19. The highest BCUT2D eigenvalue weighted by Crippen LogP contribution is 2.36. The van der Waals surface area contributed by atoms with Gasteiger partial charge in [0.2, 0.25) is 0 Å². The van der Waals surface area contributed by atoms with Gasteiger partial charge in [-0.2, -0.15) is 5.26 Å². The smallest absolute Gasteiger partial charge is 0.270 e. The van der Waals surface area contributed by atoms with Crippen LogP contribution in [0.5, 0.6) is 0 Å². The number of carbonyl (C=O) groups excluding carboxylic acids is 1. The second-order valence-corrected chi connectivity index (χ2v) is 9.64. The summed E-state index contributed by atoms with van der Waals surface area (Å²) in [4.78, 5) is 32.8. The first kappa shape index (κ1) is 23.5. The number of amides is 1. The Hall–Kier alpha value is -2.15. The normalized spacial score (nSPS) is 19.1. The first-order chi connectivity index (χ1) is 14.7. The molecular weight excluding hydrogens is 430 g/mol. The van der Waals surface area contributed by atoms with Gasteiger partial charge < -0.3 is 9.80 Å². The van der Waals surface area contributed by atoms with Crippen molar-refractivity contribution in [2.75, 3.05) is 37.6 Å². The van der Waals surface area contributed by atoms with E-state index in [1.165, 1.54) is 11.8 Å². The predicted molar refractivity (Wildman–Crippen MR) is 130 cm³/mol. The zero-order chi connectivity index (χ0) is 22.9. The minimum absolute atomic E-state index is 0.0275. The van der Waals surface area contributed by atoms with Gasteiger partial charge in [0.15, 0.2) is 0 Å². The van der Waals surface area contributed by atoms with Crippen LogP contribution in [0, 0.1) is 18.3 Å². The molecule has 0 aromatic carbocycles. The van der Waals surface area contributed by atoms with Crippen LogP contribution >= 0.6 is 24.0 Å². The molecule has 166 valence electrons. The lowest BCUT2D eigenvalue weighted by atomic mass is 10.0. The quantitative estimate of drug-likeness (QED) is 0.495. The first-order valence-electron chi connectivity index (χ1n) is 10.7. The van der Waals surface area contributed by atoms with Crippen molar-refractivity contribution < 1.29 is 4.79 Å². The molecule has 31 heavy (non-hydrogen) atoms. The van der Waals surface area contributed by atoms with E-state index >= 15 is 0 Å². The van der Waals surface area contributed by atoms with Gasteiger partial charge >= 0.3 is 0 Å². The van der Waals surface area contributed by atoms with E-state index in [-0.39, 0.29) is 23.1 Å². The van der Waals surface area contributed by atoms with Crippen LogP contribution in [0.3, 0.4) is 0 Å². The maximum Gasteiger partial charge on any atom is 0.270 e. The van der Waals surface area contributed by atoms with Crippen LogP contribution in [0.15, 0.2) is 9.70 Å². The lowest BCUT2D eigenvalue weighted by Crippen LogP contribution is -2.48. The zero-order valence-corrected chi connectivity index (χ0v) is 20.4. The Bertz CT molecular complexity index is 1030. The summed E-state index contributed by atoms with van der Waals surface area (Å²) >= 11 is 6.70. The number of carbonyl (C=O) groups is 1. The number of anilines is 1. The number of nitriles is 1. The van der Waals surface area contributed by atoms with Crippen LogP contribution in [0.25, 0.3) is 6.08 Å². The van der Waals surface area contributed by atoms with Gasteiger partial charge in [0, 0.05) is 44.3 Å². The summed E-state index contributed by atoms with van der Waals surface area (Å²) in [7, 11) is 0. The summed E-state index contributed by atoms with van der Waals surface area (Å²) in [5.74, 6) is 0.661. The number of hydrogen-bond donors (Lipinski definition) is 0. The second kappa shape index (κ2) is 9.55. The Kier molecular flexibility index (Phi) is 7.24. The molecule has 2 saturated heterocycles. The number of rotatable bonds is 5. The topological polar surface area (TPSA) is 72.6 Å². The van der Waals surface area contributed by atoms with Crippen LogP contribution in [-0.2, 0) is 11.3 Å². The molecule has 0 N–H and O–H groups in total. The third-order valence-corrected chi connectivity index (χ3v) is 7.23. The van der Waals surface area contributed by atoms with E-state index in [0.29, 0.717) is 21.3 Å². The van der Waals surface area contributed by atoms with Crippen LogP contribution < -0.4 is 10.5 Å². The van der Waals surface area contributed by atoms with Gasteiger partial charge in [-0.15, -0.1) is 0 Å². The number of thiocarbonyl (C=S) groups is 1. The number of piperazine rings is 1. The molecule has 3 heterocycles. The second-order valence-electron chi connectivity index (χ2n) is 7.97. The van der Waals surface area contributed by atoms with Gasteiger partial charge in [0.05, 0.1) is 4.91 Å². The van der Waals surface area contributed by atoms with Gasteiger partial charge in [-0.05, 0) is 45.9 Å². The highest BCUT2D eigenvalue weighted by atomic mass is 32.2. The maximum absolute atomic E-state index is 13.1. The third-order valence-electron chi connectivity index (χ3n) is 5.90. The van der Waals surface area contributed by atoms with Crippen molar-refractivity contribution >= 4 is 46.1 Å². The van der Waals surface area contributed by atoms with Crippen molar-refractivity contribution in [3.05, 3.63) is 31.9 Å². The molecule has 0 aliphatic carbocycles. The molecule has 0 spiro atoms. The van der Waals surface area contributed by atoms with E-state index in [1.54, 1.807) is 16.4 Å². The van der Waals surface area contributed by atoms with Crippen LogP contribution in [0.1, 0.15) is 44.4 Å². The van der Waals surface area contributed by atoms with Crippen molar-refractivity contribution in [2.45, 2.75) is 47.2 Å². The Morgan fingerprint density at radius 1 is 1.16 bits per heavy atom. The monoisotopic (exact) mass is 459 g/mol. The van der Waals surface area contributed by atoms with Crippen molar-refractivity contribution in [3.63, 3.8) is 0 Å². The molecule has 2 aliphatic heterocycles. The fourth-order valence-electron chi connectivity index (χ4n) is 4.11. The predicted octanol–water partition coefficient (Wildman–Crippen LogP) is 2.80. The van der Waals surface area contributed by atoms with Gasteiger partial charge in [-0.1, -0.05) is 30.9 Å². The SMILES string of the molecule is CCN1CCN(c2c(C=C3SC(=S)N(C(C)C)C3=O)c(C)c(C#N)c(=O)n2CC)CC1. The number of aromatic nitrogens is 1. The molecule has 0 unspecified atom stereocenters. The fraction of sp³-hybridized carbons (Fsp3) is 0.545. The summed E-state index contributed by atoms with van der Waals surface area (Å²) in [6.07, 6.45) is 1.82.